The van der Waals surface area contributed by atoms with Gasteiger partial charge in [0, 0.05) is 31.5 Å². The van der Waals surface area contributed by atoms with E-state index in [-0.39, 0.29) is 5.56 Å². The third kappa shape index (κ3) is 3.61. The largest absolute Gasteiger partial charge is 0.496 e. The van der Waals surface area contributed by atoms with E-state index in [2.05, 4.69) is 9.88 Å². The average molecular weight is 289 g/mol. The van der Waals surface area contributed by atoms with Gasteiger partial charge in [0.05, 0.1) is 19.2 Å². The van der Waals surface area contributed by atoms with Crippen LogP contribution in [-0.2, 0) is 20.1 Å². The van der Waals surface area contributed by atoms with Crippen molar-refractivity contribution < 1.29 is 14.6 Å². The van der Waals surface area contributed by atoms with Gasteiger partial charge < -0.3 is 14.4 Å². The molecule has 1 N–H and O–H groups in total. The Morgan fingerprint density at radius 3 is 2.76 bits per heavy atom. The maximum Gasteiger partial charge on any atom is 0.335 e. The molecule has 6 nitrogen and oxygen atoms in total. The lowest BCUT2D eigenvalue weighted by Gasteiger charge is -2.18. The van der Waals surface area contributed by atoms with Crippen LogP contribution < -0.4 is 4.74 Å². The Morgan fingerprint density at radius 1 is 1.43 bits per heavy atom. The quantitative estimate of drug-likeness (QED) is 0.877. The van der Waals surface area contributed by atoms with Crippen LogP contribution >= 0.6 is 0 Å². The number of carboxylic acid groups (broad SMARTS) is 1. The van der Waals surface area contributed by atoms with Crippen LogP contribution in [0.3, 0.4) is 0 Å². The lowest BCUT2D eigenvalue weighted by Crippen LogP contribution is -2.20. The van der Waals surface area contributed by atoms with Gasteiger partial charge in [-0.15, -0.1) is 0 Å². The van der Waals surface area contributed by atoms with Crippen molar-refractivity contribution in [2.45, 2.75) is 13.1 Å². The highest BCUT2D eigenvalue weighted by molar-refractivity contribution is 5.88. The number of ether oxygens (including phenoxy) is 1. The fourth-order valence-electron chi connectivity index (χ4n) is 2.17. The van der Waals surface area contributed by atoms with Gasteiger partial charge in [0.25, 0.3) is 0 Å². The normalized spacial score (nSPS) is 10.9. The molecule has 0 fully saturated rings. The van der Waals surface area contributed by atoms with Crippen LogP contribution in [0.15, 0.2) is 30.6 Å². The third-order valence-corrected chi connectivity index (χ3v) is 3.30. The van der Waals surface area contributed by atoms with Gasteiger partial charge in [-0.1, -0.05) is 0 Å². The molecule has 0 spiro atoms. The fraction of sp³-hybridized carbons (Fsp3) is 0.333. The number of aromatic nitrogens is 2. The number of rotatable bonds is 6. The topological polar surface area (TPSA) is 67.6 Å². The fourth-order valence-corrected chi connectivity index (χ4v) is 2.17. The highest BCUT2D eigenvalue weighted by atomic mass is 16.5. The van der Waals surface area contributed by atoms with Gasteiger partial charge in [0.15, 0.2) is 0 Å². The summed E-state index contributed by atoms with van der Waals surface area (Å²) in [5, 5.41) is 9.08. The molecule has 0 atom stereocenters. The summed E-state index contributed by atoms with van der Waals surface area (Å²) in [4.78, 5) is 17.4. The van der Waals surface area contributed by atoms with E-state index in [0.717, 1.165) is 11.4 Å². The lowest BCUT2D eigenvalue weighted by molar-refractivity contribution is 0.0696. The Hall–Kier alpha value is -2.34. The van der Waals surface area contributed by atoms with Crippen LogP contribution in [0.5, 0.6) is 5.75 Å². The van der Waals surface area contributed by atoms with E-state index in [1.807, 2.05) is 24.9 Å². The first kappa shape index (κ1) is 15.1. The van der Waals surface area contributed by atoms with Crippen LogP contribution in [0, 0.1) is 0 Å². The molecule has 0 radical (unpaired) electrons. The molecule has 21 heavy (non-hydrogen) atoms. The highest BCUT2D eigenvalue weighted by Crippen LogP contribution is 2.22. The smallest absolute Gasteiger partial charge is 0.335 e. The van der Waals surface area contributed by atoms with Gasteiger partial charge >= 0.3 is 5.97 Å². The average Bonchev–Trinajstić information content (AvgIpc) is 2.84. The van der Waals surface area contributed by atoms with Gasteiger partial charge in [0.1, 0.15) is 11.6 Å². The Morgan fingerprint density at radius 2 is 2.19 bits per heavy atom. The summed E-state index contributed by atoms with van der Waals surface area (Å²) in [6.45, 7) is 1.25. The summed E-state index contributed by atoms with van der Waals surface area (Å²) in [5.41, 5.74) is 1.10. The zero-order valence-corrected chi connectivity index (χ0v) is 12.4. The minimum atomic E-state index is -0.939. The number of carboxylic acids is 1. The van der Waals surface area contributed by atoms with Gasteiger partial charge in [-0.2, -0.15) is 0 Å². The van der Waals surface area contributed by atoms with E-state index < -0.39 is 5.97 Å². The molecule has 0 aliphatic carbocycles. The van der Waals surface area contributed by atoms with Crippen molar-refractivity contribution in [2.24, 2.45) is 7.05 Å². The van der Waals surface area contributed by atoms with Crippen molar-refractivity contribution in [3.63, 3.8) is 0 Å². The molecule has 6 heteroatoms. The zero-order chi connectivity index (χ0) is 15.4. The Labute approximate surface area is 123 Å². The highest BCUT2D eigenvalue weighted by Gasteiger charge is 2.12. The molecule has 0 saturated heterocycles. The monoisotopic (exact) mass is 289 g/mol. The summed E-state index contributed by atoms with van der Waals surface area (Å²) in [6, 6.07) is 4.88. The minimum absolute atomic E-state index is 0.260. The van der Waals surface area contributed by atoms with Crippen molar-refractivity contribution >= 4 is 5.97 Å². The summed E-state index contributed by atoms with van der Waals surface area (Å²) < 4.78 is 7.26. The summed E-state index contributed by atoms with van der Waals surface area (Å²) in [7, 11) is 5.49. The maximum absolute atomic E-state index is 11.1. The molecule has 2 rings (SSSR count). The van der Waals surface area contributed by atoms with Gasteiger partial charge in [-0.25, -0.2) is 9.78 Å². The molecule has 0 aliphatic heterocycles. The molecule has 0 saturated carbocycles. The molecule has 0 unspecified atom stereocenters. The number of carbonyl (C=O) groups is 1. The number of hydrogen-bond acceptors (Lipinski definition) is 4. The number of hydrogen-bond donors (Lipinski definition) is 1. The number of imidazole rings is 1. The number of aryl methyl sites for hydroxylation is 1. The van der Waals surface area contributed by atoms with Crippen LogP contribution in [0.4, 0.5) is 0 Å². The van der Waals surface area contributed by atoms with Crippen LogP contribution in [0.25, 0.3) is 0 Å². The molecular weight excluding hydrogens is 270 g/mol. The SMILES string of the molecule is COc1ccc(C(=O)O)cc1CN(C)Cc1nccn1C. The number of benzene rings is 1. The van der Waals surface area contributed by atoms with E-state index in [0.29, 0.717) is 18.8 Å². The van der Waals surface area contributed by atoms with Crippen molar-refractivity contribution in [2.75, 3.05) is 14.2 Å². The molecule has 1 aromatic carbocycles. The van der Waals surface area contributed by atoms with Crippen molar-refractivity contribution in [1.82, 2.24) is 14.5 Å². The van der Waals surface area contributed by atoms with Crippen LogP contribution in [0.1, 0.15) is 21.7 Å². The summed E-state index contributed by atoms with van der Waals surface area (Å²) in [6.07, 6.45) is 3.66. The molecule has 0 aliphatic rings. The Balaban J connectivity index is 2.15. The van der Waals surface area contributed by atoms with E-state index in [9.17, 15) is 4.79 Å². The Kier molecular flexibility index (Phi) is 4.59. The first-order chi connectivity index (χ1) is 10.0. The van der Waals surface area contributed by atoms with E-state index in [4.69, 9.17) is 9.84 Å². The molecule has 2 aromatic rings. The third-order valence-electron chi connectivity index (χ3n) is 3.30. The standard InChI is InChI=1S/C15H19N3O3/c1-17(10-14-16-6-7-18(14)2)9-12-8-11(15(19)20)4-5-13(12)21-3/h4-8H,9-10H2,1-3H3,(H,19,20). The van der Waals surface area contributed by atoms with Crippen LogP contribution in [0.2, 0.25) is 0 Å². The maximum atomic E-state index is 11.1. The van der Waals surface area contributed by atoms with Crippen molar-refractivity contribution in [1.29, 1.82) is 0 Å². The predicted molar refractivity (Wildman–Crippen MR) is 78.3 cm³/mol. The minimum Gasteiger partial charge on any atom is -0.496 e. The molecule has 0 bridgehead atoms. The van der Waals surface area contributed by atoms with E-state index in [1.165, 1.54) is 0 Å². The zero-order valence-electron chi connectivity index (χ0n) is 12.4. The number of aromatic carboxylic acids is 1. The first-order valence-electron chi connectivity index (χ1n) is 6.56. The molecule has 1 aromatic heterocycles. The molecular formula is C15H19N3O3. The van der Waals surface area contributed by atoms with Gasteiger partial charge in [-0.05, 0) is 25.2 Å². The first-order valence-corrected chi connectivity index (χ1v) is 6.56. The van der Waals surface area contributed by atoms with E-state index in [1.54, 1.807) is 31.5 Å². The van der Waals surface area contributed by atoms with Crippen molar-refractivity contribution in [3.8, 4) is 5.75 Å². The second-order valence-corrected chi connectivity index (χ2v) is 4.96. The molecule has 112 valence electrons. The number of methoxy groups -OCH3 is 1. The Bertz CT molecular complexity index is 637. The predicted octanol–water partition coefficient (Wildman–Crippen LogP) is 1.76. The molecule has 0 amide bonds. The van der Waals surface area contributed by atoms with Crippen LogP contribution in [-0.4, -0.2) is 39.7 Å². The summed E-state index contributed by atoms with van der Waals surface area (Å²) in [5.74, 6) is 0.697. The second-order valence-electron chi connectivity index (χ2n) is 4.96. The second kappa shape index (κ2) is 6.41. The van der Waals surface area contributed by atoms with Gasteiger partial charge in [-0.3, -0.25) is 4.90 Å². The molecule has 1 heterocycles. The summed E-state index contributed by atoms with van der Waals surface area (Å²) >= 11 is 0. The van der Waals surface area contributed by atoms with Crippen molar-refractivity contribution in [3.05, 3.63) is 47.5 Å². The van der Waals surface area contributed by atoms with Gasteiger partial charge in [0.2, 0.25) is 0 Å². The number of nitrogens with zero attached hydrogens (tertiary/aromatic N) is 3. The lowest BCUT2D eigenvalue weighted by atomic mass is 10.1. The van der Waals surface area contributed by atoms with E-state index >= 15 is 0 Å².